The lowest BCUT2D eigenvalue weighted by Gasteiger charge is -2.45. The molecule has 1 unspecified atom stereocenters. The molecule has 4 aliphatic rings. The zero-order valence-corrected chi connectivity index (χ0v) is 34.5. The number of amides is 5. The van der Waals surface area contributed by atoms with Crippen LogP contribution in [0.1, 0.15) is 108 Å². The summed E-state index contributed by atoms with van der Waals surface area (Å²) in [6.45, 7) is 16.1. The number of aryl methyl sites for hydroxylation is 1. The van der Waals surface area contributed by atoms with Crippen molar-refractivity contribution in [2.45, 2.75) is 89.9 Å². The number of nitrogens with zero attached hydrogens (tertiary/aromatic N) is 7. The number of pyridine rings is 1. The summed E-state index contributed by atoms with van der Waals surface area (Å²) < 4.78 is 2.05. The van der Waals surface area contributed by atoms with E-state index in [0.717, 1.165) is 92.3 Å². The second kappa shape index (κ2) is 15.6. The molecule has 0 saturated carbocycles. The molecule has 6 heterocycles. The first kappa shape index (κ1) is 40.3. The predicted octanol–water partition coefficient (Wildman–Crippen LogP) is 4.25. The number of rotatable bonds is 10. The van der Waals surface area contributed by atoms with Gasteiger partial charge in [-0.3, -0.25) is 43.8 Å². The number of aromatic nitrogens is 3. The van der Waals surface area contributed by atoms with Crippen molar-refractivity contribution in [2.24, 2.45) is 0 Å². The van der Waals surface area contributed by atoms with Crippen molar-refractivity contribution < 1.29 is 29.1 Å². The summed E-state index contributed by atoms with van der Waals surface area (Å²) in [4.78, 5) is 76.5. The lowest BCUT2D eigenvalue weighted by atomic mass is 9.95. The number of piperidine rings is 2. The average molecular weight is 804 g/mol. The normalized spacial score (nSPS) is 20.1. The molecule has 3 saturated heterocycles. The van der Waals surface area contributed by atoms with E-state index in [4.69, 9.17) is 5.10 Å². The van der Waals surface area contributed by atoms with Gasteiger partial charge in [0.05, 0.1) is 28.3 Å². The third kappa shape index (κ3) is 8.10. The SMILES string of the molecule is Cc1cccc(C(=O)Nc2cc3cn(C4CCN(CCC(C)(C)N5CCN(c6ccc7c(c6)C(=O)N(C6CCC(=O)NC6=O)C7=O)CC5)CC4)nc3cc2C(C)(C)O)n1. The van der Waals surface area contributed by atoms with E-state index in [-0.39, 0.29) is 30.3 Å². The monoisotopic (exact) mass is 803 g/mol. The first-order valence-corrected chi connectivity index (χ1v) is 20.6. The van der Waals surface area contributed by atoms with Crippen LogP contribution >= 0.6 is 0 Å². The number of carbonyl (C=O) groups excluding carboxylic acids is 5. The van der Waals surface area contributed by atoms with Crippen LogP contribution in [0.5, 0.6) is 0 Å². The minimum atomic E-state index is -1.20. The second-order valence-electron chi connectivity index (χ2n) is 17.5. The van der Waals surface area contributed by atoms with Gasteiger partial charge in [-0.2, -0.15) is 5.10 Å². The molecule has 0 spiro atoms. The molecule has 4 aliphatic heterocycles. The van der Waals surface area contributed by atoms with Crippen molar-refractivity contribution in [3.05, 3.63) is 82.8 Å². The molecule has 0 aliphatic carbocycles. The topological polar surface area (TPSA) is 173 Å². The lowest BCUT2D eigenvalue weighted by Crippen LogP contribution is -2.55. The maximum Gasteiger partial charge on any atom is 0.274 e. The number of fused-ring (bicyclic) bond motifs is 2. The van der Waals surface area contributed by atoms with Crippen LogP contribution < -0.4 is 15.5 Å². The highest BCUT2D eigenvalue weighted by atomic mass is 16.3. The Balaban J connectivity index is 0.839. The van der Waals surface area contributed by atoms with E-state index >= 15 is 0 Å². The summed E-state index contributed by atoms with van der Waals surface area (Å²) in [5.41, 5.74) is 3.21. The fourth-order valence-electron chi connectivity index (χ4n) is 8.97. The zero-order valence-electron chi connectivity index (χ0n) is 34.5. The second-order valence-corrected chi connectivity index (χ2v) is 17.5. The summed E-state index contributed by atoms with van der Waals surface area (Å²) >= 11 is 0. The number of aliphatic hydroxyl groups is 1. The summed E-state index contributed by atoms with van der Waals surface area (Å²) in [5.74, 6) is -2.32. The minimum absolute atomic E-state index is 0.0217. The molecule has 2 aromatic carbocycles. The number of benzene rings is 2. The maximum atomic E-state index is 13.4. The third-order valence-electron chi connectivity index (χ3n) is 12.6. The van der Waals surface area contributed by atoms with Crippen molar-refractivity contribution in [1.82, 2.24) is 34.8 Å². The van der Waals surface area contributed by atoms with Crippen LogP contribution in [0, 0.1) is 6.92 Å². The van der Waals surface area contributed by atoms with Crippen LogP contribution in [0.3, 0.4) is 0 Å². The molecule has 8 rings (SSSR count). The van der Waals surface area contributed by atoms with Gasteiger partial charge >= 0.3 is 0 Å². The zero-order chi connectivity index (χ0) is 41.8. The van der Waals surface area contributed by atoms with E-state index in [1.807, 2.05) is 37.4 Å². The highest BCUT2D eigenvalue weighted by molar-refractivity contribution is 6.23. The van der Waals surface area contributed by atoms with Gasteiger partial charge < -0.3 is 20.2 Å². The van der Waals surface area contributed by atoms with Crippen LogP contribution in [0.25, 0.3) is 10.9 Å². The largest absolute Gasteiger partial charge is 0.386 e. The molecule has 15 heteroatoms. The molecule has 2 aromatic heterocycles. The first-order valence-electron chi connectivity index (χ1n) is 20.6. The van der Waals surface area contributed by atoms with Crippen LogP contribution in [0.15, 0.2) is 54.7 Å². The standard InChI is InChI=1S/C44H53N9O6/c1-27-7-6-8-34(45-27)39(55)46-36-23-28-26-52(48-35(28)25-33(36)44(4,5)59)29-13-16-49(17-14-29)18-15-43(2,3)51-21-19-50(20-22-51)30-9-10-31-32(24-30)42(58)53(41(31)57)37-11-12-38(54)47-40(37)56/h6-10,23-26,29,37,59H,11-22H2,1-5H3,(H,46,55)(H,47,54,56). The van der Waals surface area contributed by atoms with Crippen molar-refractivity contribution in [1.29, 1.82) is 0 Å². The maximum absolute atomic E-state index is 13.4. The predicted molar refractivity (Wildman–Crippen MR) is 222 cm³/mol. The van der Waals surface area contributed by atoms with Crippen LogP contribution in [-0.2, 0) is 15.2 Å². The number of likely N-dealkylation sites (tertiary alicyclic amines) is 1. The molecule has 0 radical (unpaired) electrons. The number of imide groups is 2. The molecule has 0 bridgehead atoms. The first-order chi connectivity index (χ1) is 28.1. The average Bonchev–Trinajstić information content (AvgIpc) is 3.73. The van der Waals surface area contributed by atoms with Crippen LogP contribution in [0.2, 0.25) is 0 Å². The Hall–Kier alpha value is -5.51. The molecule has 4 aromatic rings. The summed E-state index contributed by atoms with van der Waals surface area (Å²) in [6, 6.07) is 13.7. The molecule has 1 atom stereocenters. The molecule has 15 nitrogen and oxygen atoms in total. The van der Waals surface area contributed by atoms with Crippen LogP contribution in [0.4, 0.5) is 11.4 Å². The summed E-state index contributed by atoms with van der Waals surface area (Å²) in [6.07, 6.45) is 5.21. The van der Waals surface area contributed by atoms with Crippen LogP contribution in [-0.4, -0.2) is 122 Å². The summed E-state index contributed by atoms with van der Waals surface area (Å²) in [5, 5.41) is 22.1. The fraction of sp³-hybridized carbons (Fsp3) is 0.477. The molecular weight excluding hydrogens is 751 g/mol. The van der Waals surface area contributed by atoms with Gasteiger partial charge in [0, 0.05) is 85.4 Å². The quantitative estimate of drug-likeness (QED) is 0.196. The van der Waals surface area contributed by atoms with E-state index < -0.39 is 35.3 Å². The Morgan fingerprint density at radius 1 is 0.898 bits per heavy atom. The molecule has 3 N–H and O–H groups in total. The molecule has 3 fully saturated rings. The third-order valence-corrected chi connectivity index (χ3v) is 12.6. The Kier molecular flexibility index (Phi) is 10.6. The van der Waals surface area contributed by atoms with Gasteiger partial charge in [0.25, 0.3) is 17.7 Å². The molecular formula is C44H53N9O6. The number of hydrogen-bond acceptors (Lipinski definition) is 11. The van der Waals surface area contributed by atoms with Gasteiger partial charge in [-0.1, -0.05) is 6.07 Å². The van der Waals surface area contributed by atoms with E-state index in [1.54, 1.807) is 38.1 Å². The highest BCUT2D eigenvalue weighted by Crippen LogP contribution is 2.35. The van der Waals surface area contributed by atoms with Gasteiger partial charge in [0.2, 0.25) is 11.8 Å². The van der Waals surface area contributed by atoms with Gasteiger partial charge in [-0.05, 0) is 109 Å². The van der Waals surface area contributed by atoms with E-state index in [2.05, 4.69) is 48.8 Å². The smallest absolute Gasteiger partial charge is 0.274 e. The Labute approximate surface area is 343 Å². The molecule has 59 heavy (non-hydrogen) atoms. The van der Waals surface area contributed by atoms with E-state index in [1.165, 1.54) is 0 Å². The van der Waals surface area contributed by atoms with Gasteiger partial charge in [-0.25, -0.2) is 4.98 Å². The number of nitrogens with one attached hydrogen (secondary N) is 2. The Morgan fingerprint density at radius 3 is 2.32 bits per heavy atom. The number of piperazine rings is 1. The van der Waals surface area contributed by atoms with E-state index in [9.17, 15) is 29.1 Å². The van der Waals surface area contributed by atoms with Crippen molar-refractivity contribution in [3.8, 4) is 0 Å². The lowest BCUT2D eigenvalue weighted by molar-refractivity contribution is -0.136. The Bertz CT molecular complexity index is 2330. The van der Waals surface area contributed by atoms with E-state index in [0.29, 0.717) is 28.1 Å². The number of carbonyl (C=O) groups is 5. The minimum Gasteiger partial charge on any atom is -0.386 e. The van der Waals surface area contributed by atoms with Gasteiger partial charge in [0.15, 0.2) is 0 Å². The number of anilines is 2. The molecule has 5 amide bonds. The Morgan fingerprint density at radius 2 is 1.63 bits per heavy atom. The van der Waals surface area contributed by atoms with Gasteiger partial charge in [0.1, 0.15) is 11.7 Å². The number of hydrogen-bond donors (Lipinski definition) is 3. The fourth-order valence-corrected chi connectivity index (χ4v) is 8.97. The summed E-state index contributed by atoms with van der Waals surface area (Å²) in [7, 11) is 0. The van der Waals surface area contributed by atoms with Gasteiger partial charge in [-0.15, -0.1) is 0 Å². The van der Waals surface area contributed by atoms with Crippen molar-refractivity contribution >= 4 is 51.8 Å². The van der Waals surface area contributed by atoms with Crippen molar-refractivity contribution in [2.75, 3.05) is 56.0 Å². The highest BCUT2D eigenvalue weighted by Gasteiger charge is 2.45. The molecule has 310 valence electrons. The van der Waals surface area contributed by atoms with Crippen molar-refractivity contribution in [3.63, 3.8) is 0 Å².